The predicted octanol–water partition coefficient (Wildman–Crippen LogP) is 2.67. The maximum atomic E-state index is 8.70. The molecule has 0 saturated heterocycles. The third-order valence-corrected chi connectivity index (χ3v) is 2.67. The van der Waals surface area contributed by atoms with Crippen molar-refractivity contribution in [2.24, 2.45) is 11.7 Å². The van der Waals surface area contributed by atoms with Crippen molar-refractivity contribution in [3.8, 4) is 0 Å². The van der Waals surface area contributed by atoms with E-state index in [1.807, 2.05) is 13.8 Å². The van der Waals surface area contributed by atoms with Crippen molar-refractivity contribution < 1.29 is 9.84 Å². The van der Waals surface area contributed by atoms with Gasteiger partial charge in [0.2, 0.25) is 0 Å². The van der Waals surface area contributed by atoms with Crippen molar-refractivity contribution in [1.82, 2.24) is 0 Å². The molecule has 98 valence electrons. The lowest BCUT2D eigenvalue weighted by atomic mass is 9.98. The highest BCUT2D eigenvalue weighted by atomic mass is 16.5. The summed E-state index contributed by atoms with van der Waals surface area (Å²) < 4.78 is 5.45. The molecule has 0 aromatic heterocycles. The highest BCUT2D eigenvalue weighted by Gasteiger charge is 2.09. The minimum Gasteiger partial charge on any atom is -0.396 e. The molecule has 0 aliphatic rings. The number of nitrogens with two attached hydrogens (primary N) is 1. The van der Waals surface area contributed by atoms with Gasteiger partial charge in [-0.25, -0.2) is 0 Å². The molecule has 1 unspecified atom stereocenters. The lowest BCUT2D eigenvalue weighted by Crippen LogP contribution is -2.35. The number of aliphatic hydroxyl groups excluding tert-OH is 1. The Morgan fingerprint density at radius 3 is 2.31 bits per heavy atom. The molecule has 0 saturated carbocycles. The zero-order chi connectivity index (χ0) is 12.4. The van der Waals surface area contributed by atoms with Crippen molar-refractivity contribution in [3.05, 3.63) is 0 Å². The molecule has 0 aliphatic carbocycles. The molecule has 0 heterocycles. The van der Waals surface area contributed by atoms with Crippen molar-refractivity contribution in [3.63, 3.8) is 0 Å². The van der Waals surface area contributed by atoms with E-state index in [-0.39, 0.29) is 0 Å². The van der Waals surface area contributed by atoms with Crippen molar-refractivity contribution in [2.75, 3.05) is 13.2 Å². The highest BCUT2D eigenvalue weighted by Crippen LogP contribution is 2.14. The Kier molecular flexibility index (Phi) is 8.90. The summed E-state index contributed by atoms with van der Waals surface area (Å²) in [6.07, 6.45) is 6.88. The zero-order valence-corrected chi connectivity index (χ0v) is 11.2. The van der Waals surface area contributed by atoms with Gasteiger partial charge < -0.3 is 15.6 Å². The fourth-order valence-corrected chi connectivity index (χ4v) is 1.69. The molecule has 0 radical (unpaired) electrons. The van der Waals surface area contributed by atoms with Gasteiger partial charge >= 0.3 is 0 Å². The largest absolute Gasteiger partial charge is 0.396 e. The molecule has 16 heavy (non-hydrogen) atoms. The third kappa shape index (κ3) is 12.0. The number of aliphatic hydroxyl groups is 1. The molecule has 1 atom stereocenters. The predicted molar refractivity (Wildman–Crippen MR) is 68.2 cm³/mol. The molecule has 0 spiro atoms. The van der Waals surface area contributed by atoms with Gasteiger partial charge in [0, 0.05) is 13.2 Å². The Hall–Kier alpha value is -0.120. The van der Waals surface area contributed by atoms with Crippen LogP contribution in [0.4, 0.5) is 0 Å². The van der Waals surface area contributed by atoms with E-state index in [4.69, 9.17) is 15.6 Å². The topological polar surface area (TPSA) is 55.5 Å². The maximum absolute atomic E-state index is 8.70. The molecule has 3 heteroatoms. The van der Waals surface area contributed by atoms with Crippen molar-refractivity contribution in [2.45, 2.75) is 65.0 Å². The second kappa shape index (κ2) is 8.97. The lowest BCUT2D eigenvalue weighted by molar-refractivity contribution is -0.0143. The van der Waals surface area contributed by atoms with Crippen molar-refractivity contribution >= 4 is 0 Å². The molecule has 0 rings (SSSR count). The summed E-state index contributed by atoms with van der Waals surface area (Å²) in [6, 6.07) is 0. The van der Waals surface area contributed by atoms with E-state index in [9.17, 15) is 0 Å². The summed E-state index contributed by atoms with van der Waals surface area (Å²) in [6.45, 7) is 7.10. The summed E-state index contributed by atoms with van der Waals surface area (Å²) in [5.74, 6) is 0.735. The van der Waals surface area contributed by atoms with Crippen LogP contribution in [-0.2, 0) is 4.74 Å². The van der Waals surface area contributed by atoms with E-state index in [1.54, 1.807) is 0 Å². The summed E-state index contributed by atoms with van der Waals surface area (Å²) in [4.78, 5) is 0. The molecule has 0 aliphatic heterocycles. The first-order chi connectivity index (χ1) is 7.45. The van der Waals surface area contributed by atoms with Crippen LogP contribution in [0.25, 0.3) is 0 Å². The lowest BCUT2D eigenvalue weighted by Gasteiger charge is -2.19. The fraction of sp³-hybridized carbons (Fsp3) is 1.00. The Bertz CT molecular complexity index is 155. The van der Waals surface area contributed by atoms with E-state index in [2.05, 4.69) is 6.92 Å². The summed E-state index contributed by atoms with van der Waals surface area (Å²) in [7, 11) is 0. The van der Waals surface area contributed by atoms with Crippen LogP contribution < -0.4 is 5.73 Å². The first kappa shape index (κ1) is 15.9. The monoisotopic (exact) mass is 231 g/mol. The zero-order valence-electron chi connectivity index (χ0n) is 11.2. The molecular weight excluding hydrogens is 202 g/mol. The van der Waals surface area contributed by atoms with Gasteiger partial charge in [-0.15, -0.1) is 0 Å². The standard InChI is InChI=1S/C13H29NO2/c1-12(9-7-10-15)8-5-4-6-11-16-13(2,3)14/h12,15H,4-11,14H2,1-3H3. The van der Waals surface area contributed by atoms with Crippen molar-refractivity contribution in [1.29, 1.82) is 0 Å². The molecule has 0 aromatic rings. The van der Waals surface area contributed by atoms with E-state index >= 15 is 0 Å². The Labute approximate surface area is 100 Å². The number of rotatable bonds is 10. The van der Waals surface area contributed by atoms with Crippen LogP contribution in [0.2, 0.25) is 0 Å². The minimum absolute atomic E-state index is 0.323. The van der Waals surface area contributed by atoms with E-state index < -0.39 is 5.72 Å². The normalized spacial score (nSPS) is 14.1. The van der Waals surface area contributed by atoms with E-state index in [1.165, 1.54) is 19.3 Å². The van der Waals surface area contributed by atoms with Crippen LogP contribution in [0.15, 0.2) is 0 Å². The number of hydrogen-bond donors (Lipinski definition) is 2. The average molecular weight is 231 g/mol. The van der Waals surface area contributed by atoms with Crippen LogP contribution in [-0.4, -0.2) is 24.0 Å². The number of unbranched alkanes of at least 4 members (excludes halogenated alkanes) is 2. The summed E-state index contributed by atoms with van der Waals surface area (Å²) in [5, 5.41) is 8.70. The molecule has 3 N–H and O–H groups in total. The second-order valence-corrected chi connectivity index (χ2v) is 5.27. The first-order valence-corrected chi connectivity index (χ1v) is 6.49. The molecule has 0 amide bonds. The Balaban J connectivity index is 3.20. The van der Waals surface area contributed by atoms with Gasteiger partial charge in [-0.05, 0) is 39.0 Å². The van der Waals surface area contributed by atoms with Crippen LogP contribution in [0.5, 0.6) is 0 Å². The second-order valence-electron chi connectivity index (χ2n) is 5.27. The summed E-state index contributed by atoms with van der Waals surface area (Å²) in [5.41, 5.74) is 5.22. The van der Waals surface area contributed by atoms with Crippen LogP contribution in [0.3, 0.4) is 0 Å². The van der Waals surface area contributed by atoms with Gasteiger partial charge in [-0.3, -0.25) is 0 Å². The van der Waals surface area contributed by atoms with Gasteiger partial charge in [0.1, 0.15) is 5.72 Å². The van der Waals surface area contributed by atoms with Gasteiger partial charge in [0.05, 0.1) is 0 Å². The van der Waals surface area contributed by atoms with Gasteiger partial charge in [-0.1, -0.05) is 26.2 Å². The third-order valence-electron chi connectivity index (χ3n) is 2.67. The average Bonchev–Trinajstić information content (AvgIpc) is 2.18. The van der Waals surface area contributed by atoms with Crippen LogP contribution >= 0.6 is 0 Å². The smallest absolute Gasteiger partial charge is 0.111 e. The Morgan fingerprint density at radius 1 is 1.12 bits per heavy atom. The van der Waals surface area contributed by atoms with E-state index in [0.29, 0.717) is 6.61 Å². The highest BCUT2D eigenvalue weighted by molar-refractivity contribution is 4.57. The SMILES string of the molecule is CC(CCCO)CCCCCOC(C)(C)N. The molecular formula is C13H29NO2. The molecule has 0 fully saturated rings. The number of ether oxygens (including phenoxy) is 1. The first-order valence-electron chi connectivity index (χ1n) is 6.49. The van der Waals surface area contributed by atoms with Gasteiger partial charge in [-0.2, -0.15) is 0 Å². The van der Waals surface area contributed by atoms with Crippen LogP contribution in [0.1, 0.15) is 59.3 Å². The Morgan fingerprint density at radius 2 is 1.75 bits per heavy atom. The fourth-order valence-electron chi connectivity index (χ4n) is 1.69. The summed E-state index contributed by atoms with van der Waals surface area (Å²) >= 11 is 0. The van der Waals surface area contributed by atoms with Gasteiger partial charge in [0.15, 0.2) is 0 Å². The van der Waals surface area contributed by atoms with Gasteiger partial charge in [0.25, 0.3) is 0 Å². The molecule has 0 bridgehead atoms. The van der Waals surface area contributed by atoms with Crippen LogP contribution in [0, 0.1) is 5.92 Å². The molecule has 0 aromatic carbocycles. The minimum atomic E-state index is -0.492. The number of hydrogen-bond acceptors (Lipinski definition) is 3. The van der Waals surface area contributed by atoms with E-state index in [0.717, 1.165) is 31.8 Å². The molecule has 3 nitrogen and oxygen atoms in total. The maximum Gasteiger partial charge on any atom is 0.111 e. The quantitative estimate of drug-likeness (QED) is 0.449.